The standard InChI is InChI=1S/C19H24N2O/c1-14-10-17(18-12-20-8-9-21-18)11-15(2)19(14)22-13-16-6-4-3-5-7-16/h3-7,10-11,18,20-21H,8-9,12-13H2,1-2H3/t18-/m0/s1. The first-order valence-corrected chi connectivity index (χ1v) is 7.96. The molecule has 3 rings (SSSR count). The van der Waals surface area contributed by atoms with Gasteiger partial charge in [-0.1, -0.05) is 42.5 Å². The molecule has 0 spiro atoms. The van der Waals surface area contributed by atoms with E-state index in [0.29, 0.717) is 12.6 Å². The van der Waals surface area contributed by atoms with Crippen LogP contribution in [0.15, 0.2) is 42.5 Å². The third-order valence-corrected chi connectivity index (χ3v) is 4.15. The molecule has 1 fully saturated rings. The Balaban J connectivity index is 1.74. The van der Waals surface area contributed by atoms with Crippen LogP contribution in [0.1, 0.15) is 28.3 Å². The molecule has 0 unspecified atom stereocenters. The second kappa shape index (κ2) is 6.95. The summed E-state index contributed by atoms with van der Waals surface area (Å²) in [5, 5.41) is 7.00. The van der Waals surface area contributed by atoms with Crippen molar-refractivity contribution in [2.24, 2.45) is 0 Å². The van der Waals surface area contributed by atoms with Crippen molar-refractivity contribution >= 4 is 0 Å². The highest BCUT2D eigenvalue weighted by Crippen LogP contribution is 2.28. The summed E-state index contributed by atoms with van der Waals surface area (Å²) in [6.07, 6.45) is 0. The molecule has 0 radical (unpaired) electrons. The van der Waals surface area contributed by atoms with E-state index in [1.807, 2.05) is 18.2 Å². The fourth-order valence-electron chi connectivity index (χ4n) is 3.03. The number of aryl methyl sites for hydroxylation is 2. The van der Waals surface area contributed by atoms with E-state index < -0.39 is 0 Å². The zero-order valence-electron chi connectivity index (χ0n) is 13.4. The first-order valence-electron chi connectivity index (χ1n) is 7.96. The summed E-state index contributed by atoms with van der Waals surface area (Å²) in [5.74, 6) is 1.01. The predicted molar refractivity (Wildman–Crippen MR) is 90.3 cm³/mol. The third kappa shape index (κ3) is 3.49. The lowest BCUT2D eigenvalue weighted by Gasteiger charge is -2.26. The molecule has 2 N–H and O–H groups in total. The molecule has 1 aliphatic rings. The zero-order chi connectivity index (χ0) is 15.4. The van der Waals surface area contributed by atoms with Gasteiger partial charge in [0.15, 0.2) is 0 Å². The van der Waals surface area contributed by atoms with Gasteiger partial charge in [0.05, 0.1) is 0 Å². The van der Waals surface area contributed by atoms with E-state index in [0.717, 1.165) is 25.4 Å². The Morgan fingerprint density at radius 2 is 1.77 bits per heavy atom. The number of ether oxygens (including phenoxy) is 1. The van der Waals surface area contributed by atoms with Gasteiger partial charge in [-0.25, -0.2) is 0 Å². The highest BCUT2D eigenvalue weighted by Gasteiger charge is 2.16. The molecule has 0 aromatic heterocycles. The zero-order valence-corrected chi connectivity index (χ0v) is 13.4. The van der Waals surface area contributed by atoms with Crippen LogP contribution in [-0.4, -0.2) is 19.6 Å². The molecule has 22 heavy (non-hydrogen) atoms. The fraction of sp³-hybridized carbons (Fsp3) is 0.368. The van der Waals surface area contributed by atoms with E-state index in [1.165, 1.54) is 22.3 Å². The minimum atomic E-state index is 0.398. The minimum Gasteiger partial charge on any atom is -0.488 e. The van der Waals surface area contributed by atoms with Crippen molar-refractivity contribution in [2.45, 2.75) is 26.5 Å². The SMILES string of the molecule is Cc1cc([C@@H]2CNCCN2)cc(C)c1OCc1ccccc1. The molecule has 2 aromatic rings. The fourth-order valence-corrected chi connectivity index (χ4v) is 3.03. The molecule has 2 aromatic carbocycles. The van der Waals surface area contributed by atoms with E-state index >= 15 is 0 Å². The summed E-state index contributed by atoms with van der Waals surface area (Å²) in [7, 11) is 0. The number of piperazine rings is 1. The molecule has 0 bridgehead atoms. The average Bonchev–Trinajstić information content (AvgIpc) is 2.56. The van der Waals surface area contributed by atoms with Gasteiger partial charge in [-0.15, -0.1) is 0 Å². The Bertz CT molecular complexity index is 596. The van der Waals surface area contributed by atoms with Crippen molar-refractivity contribution in [1.29, 1.82) is 0 Å². The predicted octanol–water partition coefficient (Wildman–Crippen LogP) is 3.12. The lowest BCUT2D eigenvalue weighted by Crippen LogP contribution is -2.42. The first kappa shape index (κ1) is 15.1. The number of rotatable bonds is 4. The van der Waals surface area contributed by atoms with Gasteiger partial charge in [-0.2, -0.15) is 0 Å². The van der Waals surface area contributed by atoms with Crippen LogP contribution in [0.4, 0.5) is 0 Å². The quantitative estimate of drug-likeness (QED) is 0.909. The smallest absolute Gasteiger partial charge is 0.125 e. The van der Waals surface area contributed by atoms with Crippen LogP contribution in [0, 0.1) is 13.8 Å². The average molecular weight is 296 g/mol. The number of hydrogen-bond acceptors (Lipinski definition) is 3. The molecule has 116 valence electrons. The van der Waals surface area contributed by atoms with Gasteiger partial charge in [0.1, 0.15) is 12.4 Å². The summed E-state index contributed by atoms with van der Waals surface area (Å²) in [5.41, 5.74) is 4.95. The van der Waals surface area contributed by atoms with Crippen molar-refractivity contribution in [3.05, 3.63) is 64.7 Å². The van der Waals surface area contributed by atoms with Crippen molar-refractivity contribution in [1.82, 2.24) is 10.6 Å². The van der Waals surface area contributed by atoms with E-state index in [2.05, 4.69) is 48.7 Å². The highest BCUT2D eigenvalue weighted by atomic mass is 16.5. The molecular formula is C19H24N2O. The van der Waals surface area contributed by atoms with Crippen LogP contribution in [-0.2, 0) is 6.61 Å². The third-order valence-electron chi connectivity index (χ3n) is 4.15. The molecule has 1 heterocycles. The summed E-state index contributed by atoms with van der Waals surface area (Å²) in [6, 6.07) is 15.2. The maximum atomic E-state index is 6.06. The van der Waals surface area contributed by atoms with Crippen LogP contribution >= 0.6 is 0 Å². The summed E-state index contributed by atoms with van der Waals surface area (Å²) in [4.78, 5) is 0. The normalized spacial score (nSPS) is 18.2. The Labute approximate surface area is 132 Å². The minimum absolute atomic E-state index is 0.398. The lowest BCUT2D eigenvalue weighted by atomic mass is 9.99. The molecule has 0 aliphatic carbocycles. The van der Waals surface area contributed by atoms with E-state index in [9.17, 15) is 0 Å². The van der Waals surface area contributed by atoms with E-state index in [1.54, 1.807) is 0 Å². The Morgan fingerprint density at radius 3 is 2.41 bits per heavy atom. The van der Waals surface area contributed by atoms with Gasteiger partial charge in [-0.3, -0.25) is 0 Å². The number of hydrogen-bond donors (Lipinski definition) is 2. The monoisotopic (exact) mass is 296 g/mol. The van der Waals surface area contributed by atoms with Gasteiger partial charge < -0.3 is 15.4 Å². The Hall–Kier alpha value is -1.84. The lowest BCUT2D eigenvalue weighted by molar-refractivity contribution is 0.301. The van der Waals surface area contributed by atoms with Gasteiger partial charge in [0.2, 0.25) is 0 Å². The van der Waals surface area contributed by atoms with Crippen molar-refractivity contribution in [3.63, 3.8) is 0 Å². The molecule has 3 heteroatoms. The summed E-state index contributed by atoms with van der Waals surface area (Å²) < 4.78 is 6.06. The largest absolute Gasteiger partial charge is 0.488 e. The van der Waals surface area contributed by atoms with Gasteiger partial charge >= 0.3 is 0 Å². The Morgan fingerprint density at radius 1 is 1.05 bits per heavy atom. The summed E-state index contributed by atoms with van der Waals surface area (Å²) in [6.45, 7) is 7.94. The second-order valence-corrected chi connectivity index (χ2v) is 5.97. The molecule has 0 saturated carbocycles. The molecule has 3 nitrogen and oxygen atoms in total. The second-order valence-electron chi connectivity index (χ2n) is 5.97. The maximum Gasteiger partial charge on any atom is 0.125 e. The molecule has 0 amide bonds. The van der Waals surface area contributed by atoms with Crippen LogP contribution in [0.2, 0.25) is 0 Å². The number of nitrogens with one attached hydrogen (secondary N) is 2. The highest BCUT2D eigenvalue weighted by molar-refractivity contribution is 5.44. The number of benzene rings is 2. The summed E-state index contributed by atoms with van der Waals surface area (Å²) >= 11 is 0. The van der Waals surface area contributed by atoms with Crippen LogP contribution in [0.25, 0.3) is 0 Å². The van der Waals surface area contributed by atoms with Gasteiger partial charge in [0, 0.05) is 25.7 Å². The Kier molecular flexibility index (Phi) is 4.76. The molecule has 1 saturated heterocycles. The van der Waals surface area contributed by atoms with Gasteiger partial charge in [0.25, 0.3) is 0 Å². The van der Waals surface area contributed by atoms with E-state index in [4.69, 9.17) is 4.74 Å². The van der Waals surface area contributed by atoms with Crippen molar-refractivity contribution in [2.75, 3.05) is 19.6 Å². The van der Waals surface area contributed by atoms with Crippen LogP contribution in [0.5, 0.6) is 5.75 Å². The van der Waals surface area contributed by atoms with Gasteiger partial charge in [-0.05, 0) is 36.1 Å². The van der Waals surface area contributed by atoms with Crippen molar-refractivity contribution < 1.29 is 4.74 Å². The van der Waals surface area contributed by atoms with Crippen LogP contribution < -0.4 is 15.4 Å². The van der Waals surface area contributed by atoms with Crippen molar-refractivity contribution in [3.8, 4) is 5.75 Å². The molecular weight excluding hydrogens is 272 g/mol. The van der Waals surface area contributed by atoms with Crippen LogP contribution in [0.3, 0.4) is 0 Å². The maximum absolute atomic E-state index is 6.06. The molecule has 1 aliphatic heterocycles. The van der Waals surface area contributed by atoms with E-state index in [-0.39, 0.29) is 0 Å². The first-order chi connectivity index (χ1) is 10.7. The molecule has 1 atom stereocenters. The topological polar surface area (TPSA) is 33.3 Å².